The Morgan fingerprint density at radius 1 is 1.20 bits per heavy atom. The molecule has 0 spiro atoms. The molecule has 0 radical (unpaired) electrons. The van der Waals surface area contributed by atoms with Crippen LogP contribution in [-0.2, 0) is 11.2 Å². The summed E-state index contributed by atoms with van der Waals surface area (Å²) in [6.07, 6.45) is -9.76. The molecule has 0 aromatic heterocycles. The molecule has 1 heterocycles. The Hall–Kier alpha value is -2.03. The van der Waals surface area contributed by atoms with Gasteiger partial charge < -0.3 is 20.3 Å². The second-order valence-electron chi connectivity index (χ2n) is 4.17. The summed E-state index contributed by atoms with van der Waals surface area (Å²) in [5.41, 5.74) is 5.52. The molecule has 1 atom stereocenters. The van der Waals surface area contributed by atoms with Gasteiger partial charge in [0, 0.05) is 0 Å². The molecule has 110 valence electrons. The maximum Gasteiger partial charge on any atom is 0.507 e. The van der Waals surface area contributed by atoms with Crippen LogP contribution in [0.3, 0.4) is 0 Å². The minimum absolute atomic E-state index is 0.173. The lowest BCUT2D eigenvalue weighted by atomic mass is 10.1. The molecule has 0 saturated carbocycles. The van der Waals surface area contributed by atoms with Crippen molar-refractivity contribution in [2.75, 3.05) is 0 Å². The van der Waals surface area contributed by atoms with Gasteiger partial charge in [0.05, 0.1) is 0 Å². The molecule has 3 N–H and O–H groups in total. The Morgan fingerprint density at radius 3 is 2.30 bits per heavy atom. The van der Waals surface area contributed by atoms with Crippen LogP contribution in [0.1, 0.15) is 5.56 Å². The van der Waals surface area contributed by atoms with Gasteiger partial charge in [-0.15, -0.1) is 0 Å². The van der Waals surface area contributed by atoms with Gasteiger partial charge in [0.1, 0.15) is 6.04 Å². The summed E-state index contributed by atoms with van der Waals surface area (Å²) >= 11 is 0. The fourth-order valence-corrected chi connectivity index (χ4v) is 1.58. The van der Waals surface area contributed by atoms with Crippen LogP contribution in [0.25, 0.3) is 0 Å². The lowest BCUT2D eigenvalue weighted by Gasteiger charge is -2.32. The third-order valence-electron chi connectivity index (χ3n) is 2.60. The number of carboxylic acid groups (broad SMARTS) is 1. The van der Waals surface area contributed by atoms with Crippen LogP contribution in [0.4, 0.5) is 17.6 Å². The van der Waals surface area contributed by atoms with Crippen LogP contribution >= 0.6 is 0 Å². The van der Waals surface area contributed by atoms with Crippen molar-refractivity contribution in [3.05, 3.63) is 23.8 Å². The average molecular weight is 295 g/mol. The van der Waals surface area contributed by atoms with E-state index in [1.54, 1.807) is 0 Å². The van der Waals surface area contributed by atoms with E-state index in [4.69, 9.17) is 10.8 Å². The molecule has 1 aromatic carbocycles. The number of ether oxygens (including phenoxy) is 2. The fourth-order valence-electron chi connectivity index (χ4n) is 1.58. The van der Waals surface area contributed by atoms with E-state index in [9.17, 15) is 22.4 Å². The zero-order valence-corrected chi connectivity index (χ0v) is 9.78. The summed E-state index contributed by atoms with van der Waals surface area (Å²) in [6.45, 7) is 0. The summed E-state index contributed by atoms with van der Waals surface area (Å²) < 4.78 is 59.5. The van der Waals surface area contributed by atoms with Gasteiger partial charge in [-0.2, -0.15) is 17.6 Å². The highest BCUT2D eigenvalue weighted by molar-refractivity contribution is 5.73. The molecule has 0 fully saturated rings. The Bertz CT molecular complexity index is 549. The minimum atomic E-state index is -4.81. The van der Waals surface area contributed by atoms with E-state index < -0.39 is 35.7 Å². The molecule has 1 aliphatic rings. The number of hydrogen-bond acceptors (Lipinski definition) is 4. The Balaban J connectivity index is 2.27. The van der Waals surface area contributed by atoms with E-state index in [0.717, 1.165) is 12.1 Å². The SMILES string of the molecule is NC(Cc1ccc2c(c1)OC(F)(F)C(F)(F)O2)C(=O)O. The highest BCUT2D eigenvalue weighted by Gasteiger charge is 2.65. The number of alkyl halides is 4. The molecule has 1 aromatic rings. The number of carboxylic acids is 1. The zero-order valence-electron chi connectivity index (χ0n) is 9.78. The van der Waals surface area contributed by atoms with E-state index in [1.807, 2.05) is 0 Å². The van der Waals surface area contributed by atoms with E-state index in [2.05, 4.69) is 9.47 Å². The predicted molar refractivity (Wildman–Crippen MR) is 56.9 cm³/mol. The summed E-state index contributed by atoms with van der Waals surface area (Å²) in [7, 11) is 0. The van der Waals surface area contributed by atoms with Crippen molar-refractivity contribution in [2.45, 2.75) is 24.7 Å². The first-order valence-corrected chi connectivity index (χ1v) is 5.37. The predicted octanol–water partition coefficient (Wildman–Crippen LogP) is 1.60. The van der Waals surface area contributed by atoms with E-state index in [1.165, 1.54) is 6.07 Å². The van der Waals surface area contributed by atoms with Crippen LogP contribution in [0.5, 0.6) is 11.5 Å². The van der Waals surface area contributed by atoms with E-state index in [-0.39, 0.29) is 12.0 Å². The quantitative estimate of drug-likeness (QED) is 0.828. The molecule has 0 saturated heterocycles. The number of aliphatic carboxylic acids is 1. The molecule has 0 bridgehead atoms. The van der Waals surface area contributed by atoms with Crippen LogP contribution in [0, 0.1) is 0 Å². The van der Waals surface area contributed by atoms with Gasteiger partial charge in [-0.3, -0.25) is 4.79 Å². The van der Waals surface area contributed by atoms with Crippen molar-refractivity contribution in [3.8, 4) is 11.5 Å². The minimum Gasteiger partial charge on any atom is -0.480 e. The maximum absolute atomic E-state index is 13.0. The lowest BCUT2D eigenvalue weighted by molar-refractivity contribution is -0.391. The van der Waals surface area contributed by atoms with Gasteiger partial charge in [-0.05, 0) is 24.1 Å². The second-order valence-corrected chi connectivity index (χ2v) is 4.17. The van der Waals surface area contributed by atoms with Crippen molar-refractivity contribution >= 4 is 5.97 Å². The Labute approximate surface area is 109 Å². The number of hydrogen-bond donors (Lipinski definition) is 2. The summed E-state index contributed by atoms with van der Waals surface area (Å²) in [5, 5.41) is 8.63. The molecule has 5 nitrogen and oxygen atoms in total. The number of fused-ring (bicyclic) bond motifs is 1. The first-order chi connectivity index (χ1) is 9.12. The van der Waals surface area contributed by atoms with Gasteiger partial charge >= 0.3 is 18.2 Å². The van der Waals surface area contributed by atoms with Crippen molar-refractivity contribution in [3.63, 3.8) is 0 Å². The first-order valence-electron chi connectivity index (χ1n) is 5.37. The lowest BCUT2D eigenvalue weighted by Crippen LogP contribution is -2.52. The normalized spacial score (nSPS) is 20.2. The van der Waals surface area contributed by atoms with Crippen LogP contribution in [0.2, 0.25) is 0 Å². The zero-order chi connectivity index (χ0) is 15.1. The average Bonchev–Trinajstić information content (AvgIpc) is 2.30. The van der Waals surface area contributed by atoms with Gasteiger partial charge in [-0.1, -0.05) is 6.07 Å². The van der Waals surface area contributed by atoms with Crippen molar-refractivity contribution in [1.29, 1.82) is 0 Å². The molecule has 2 rings (SSSR count). The maximum atomic E-state index is 13.0. The number of carbonyl (C=O) groups is 1. The highest BCUT2D eigenvalue weighted by Crippen LogP contribution is 2.47. The standard InChI is InChI=1S/C11H9F4NO4/c12-10(13)11(14,15)20-8-4-5(1-2-7(8)19-10)3-6(16)9(17)18/h1-2,4,6H,3,16H2,(H,17,18). The molecular weight excluding hydrogens is 286 g/mol. The van der Waals surface area contributed by atoms with Crippen LogP contribution in [-0.4, -0.2) is 29.3 Å². The van der Waals surface area contributed by atoms with Gasteiger partial charge in [0.15, 0.2) is 11.5 Å². The van der Waals surface area contributed by atoms with Gasteiger partial charge in [0.2, 0.25) is 0 Å². The first kappa shape index (κ1) is 14.4. The van der Waals surface area contributed by atoms with Crippen molar-refractivity contribution < 1.29 is 36.9 Å². The summed E-state index contributed by atoms with van der Waals surface area (Å²) in [4.78, 5) is 10.6. The number of nitrogens with two attached hydrogens (primary N) is 1. The molecule has 1 aliphatic heterocycles. The molecule has 0 aliphatic carbocycles. The topological polar surface area (TPSA) is 81.8 Å². The monoisotopic (exact) mass is 295 g/mol. The van der Waals surface area contributed by atoms with E-state index in [0.29, 0.717) is 0 Å². The van der Waals surface area contributed by atoms with Crippen molar-refractivity contribution in [2.24, 2.45) is 5.73 Å². The molecule has 20 heavy (non-hydrogen) atoms. The van der Waals surface area contributed by atoms with Gasteiger partial charge in [0.25, 0.3) is 0 Å². The molecule has 9 heteroatoms. The van der Waals surface area contributed by atoms with E-state index >= 15 is 0 Å². The smallest absolute Gasteiger partial charge is 0.480 e. The summed E-state index contributed by atoms with van der Waals surface area (Å²) in [5.74, 6) is -2.44. The summed E-state index contributed by atoms with van der Waals surface area (Å²) in [6, 6.07) is 1.97. The third-order valence-corrected chi connectivity index (χ3v) is 2.60. The number of rotatable bonds is 3. The number of halogens is 4. The Morgan fingerprint density at radius 2 is 1.75 bits per heavy atom. The molecule has 1 unspecified atom stereocenters. The van der Waals surface area contributed by atoms with Crippen molar-refractivity contribution in [1.82, 2.24) is 0 Å². The Kier molecular flexibility index (Phi) is 3.24. The second kappa shape index (κ2) is 4.51. The third kappa shape index (κ3) is 2.48. The molecule has 0 amide bonds. The van der Waals surface area contributed by atoms with Crippen LogP contribution in [0.15, 0.2) is 18.2 Å². The van der Waals surface area contributed by atoms with Gasteiger partial charge in [-0.25, -0.2) is 0 Å². The van der Waals surface area contributed by atoms with Crippen LogP contribution < -0.4 is 15.2 Å². The fraction of sp³-hybridized carbons (Fsp3) is 0.364. The number of benzene rings is 1. The highest BCUT2D eigenvalue weighted by atomic mass is 19.3. The largest absolute Gasteiger partial charge is 0.507 e. The molecular formula is C11H9F4NO4.